The fraction of sp³-hybridized carbons (Fsp3) is 0.684. The number of halogens is 1. The first-order valence-electron chi connectivity index (χ1n) is 8.47. The summed E-state index contributed by atoms with van der Waals surface area (Å²) in [7, 11) is 2.04. The van der Waals surface area contributed by atoms with Gasteiger partial charge >= 0.3 is 0 Å². The standard InChI is InChI=1S/C19H30FN/c1-15-13-17(14-16(2)18(15)20)7-10-19(11-12-21-3)8-5-4-6-9-19/h13-14,21H,4-12H2,1-3H3. The van der Waals surface area contributed by atoms with Crippen LogP contribution in [0.4, 0.5) is 4.39 Å². The van der Waals surface area contributed by atoms with Crippen molar-refractivity contribution in [3.8, 4) is 0 Å². The highest BCUT2D eigenvalue weighted by Crippen LogP contribution is 2.42. The van der Waals surface area contributed by atoms with Crippen LogP contribution in [0.2, 0.25) is 0 Å². The van der Waals surface area contributed by atoms with Gasteiger partial charge in [0.1, 0.15) is 5.82 Å². The Morgan fingerprint density at radius 1 is 1.05 bits per heavy atom. The van der Waals surface area contributed by atoms with Gasteiger partial charge in [0.05, 0.1) is 0 Å². The molecule has 0 aromatic heterocycles. The number of hydrogen-bond donors (Lipinski definition) is 1. The lowest BCUT2D eigenvalue weighted by Crippen LogP contribution is -2.29. The summed E-state index contributed by atoms with van der Waals surface area (Å²) in [4.78, 5) is 0. The molecule has 0 unspecified atom stereocenters. The zero-order chi connectivity index (χ0) is 15.3. The average Bonchev–Trinajstić information content (AvgIpc) is 2.49. The van der Waals surface area contributed by atoms with Gasteiger partial charge in [-0.1, -0.05) is 31.4 Å². The second-order valence-electron chi connectivity index (χ2n) is 6.96. The zero-order valence-corrected chi connectivity index (χ0v) is 13.9. The molecule has 0 atom stereocenters. The average molecular weight is 291 g/mol. The van der Waals surface area contributed by atoms with Crippen molar-refractivity contribution in [1.29, 1.82) is 0 Å². The molecule has 1 N–H and O–H groups in total. The number of nitrogens with one attached hydrogen (secondary N) is 1. The Balaban J connectivity index is 2.04. The quantitative estimate of drug-likeness (QED) is 0.783. The summed E-state index contributed by atoms with van der Waals surface area (Å²) in [6, 6.07) is 4.08. The Bertz CT molecular complexity index is 438. The molecule has 0 spiro atoms. The molecule has 1 aliphatic rings. The lowest BCUT2D eigenvalue weighted by atomic mass is 9.68. The maximum atomic E-state index is 13.7. The van der Waals surface area contributed by atoms with E-state index in [-0.39, 0.29) is 5.82 Å². The van der Waals surface area contributed by atoms with E-state index in [2.05, 4.69) is 5.32 Å². The Hall–Kier alpha value is -0.890. The number of aryl methyl sites for hydroxylation is 3. The second kappa shape index (κ2) is 7.40. The van der Waals surface area contributed by atoms with Crippen LogP contribution in [0.25, 0.3) is 0 Å². The van der Waals surface area contributed by atoms with Gasteiger partial charge in [-0.2, -0.15) is 0 Å². The van der Waals surface area contributed by atoms with Crippen molar-refractivity contribution in [2.75, 3.05) is 13.6 Å². The monoisotopic (exact) mass is 291 g/mol. The Kier molecular flexibility index (Phi) is 5.80. The van der Waals surface area contributed by atoms with E-state index in [1.165, 1.54) is 50.5 Å². The van der Waals surface area contributed by atoms with Gasteiger partial charge in [-0.25, -0.2) is 4.39 Å². The summed E-state index contributed by atoms with van der Waals surface area (Å²) in [5, 5.41) is 3.31. The highest BCUT2D eigenvalue weighted by molar-refractivity contribution is 5.30. The van der Waals surface area contributed by atoms with Gasteiger partial charge in [0, 0.05) is 0 Å². The maximum Gasteiger partial charge on any atom is 0.129 e. The van der Waals surface area contributed by atoms with E-state index in [1.54, 1.807) is 0 Å². The largest absolute Gasteiger partial charge is 0.320 e. The van der Waals surface area contributed by atoms with Gasteiger partial charge in [-0.05, 0) is 81.6 Å². The topological polar surface area (TPSA) is 12.0 Å². The molecule has 0 heterocycles. The summed E-state index contributed by atoms with van der Waals surface area (Å²) in [6.07, 6.45) is 10.5. The first-order chi connectivity index (χ1) is 10.1. The summed E-state index contributed by atoms with van der Waals surface area (Å²) >= 11 is 0. The normalized spacial score (nSPS) is 17.9. The lowest BCUT2D eigenvalue weighted by molar-refractivity contribution is 0.157. The van der Waals surface area contributed by atoms with Crippen LogP contribution in [-0.4, -0.2) is 13.6 Å². The molecule has 0 aliphatic heterocycles. The third-order valence-corrected chi connectivity index (χ3v) is 5.26. The van der Waals surface area contributed by atoms with Gasteiger partial charge in [0.2, 0.25) is 0 Å². The number of rotatable bonds is 6. The van der Waals surface area contributed by atoms with Crippen molar-refractivity contribution < 1.29 is 4.39 Å². The molecule has 0 bridgehead atoms. The molecule has 2 heteroatoms. The number of benzene rings is 1. The van der Waals surface area contributed by atoms with E-state index in [0.717, 1.165) is 24.1 Å². The SMILES string of the molecule is CNCCC1(CCc2cc(C)c(F)c(C)c2)CCCCC1. The van der Waals surface area contributed by atoms with Crippen molar-refractivity contribution >= 4 is 0 Å². The fourth-order valence-electron chi connectivity index (χ4n) is 3.91. The first kappa shape index (κ1) is 16.5. The van der Waals surface area contributed by atoms with Gasteiger partial charge in [0.15, 0.2) is 0 Å². The van der Waals surface area contributed by atoms with Crippen molar-refractivity contribution in [2.45, 2.75) is 65.2 Å². The molecule has 0 saturated heterocycles. The first-order valence-corrected chi connectivity index (χ1v) is 8.47. The molecular weight excluding hydrogens is 261 g/mol. The molecule has 2 rings (SSSR count). The highest BCUT2D eigenvalue weighted by Gasteiger charge is 2.30. The van der Waals surface area contributed by atoms with E-state index < -0.39 is 0 Å². The molecule has 1 aromatic carbocycles. The maximum absolute atomic E-state index is 13.7. The lowest BCUT2D eigenvalue weighted by Gasteiger charge is -2.38. The molecular formula is C19H30FN. The van der Waals surface area contributed by atoms with Crippen molar-refractivity contribution in [3.05, 3.63) is 34.6 Å². The van der Waals surface area contributed by atoms with Gasteiger partial charge in [-0.3, -0.25) is 0 Å². The van der Waals surface area contributed by atoms with Crippen LogP contribution in [0.1, 0.15) is 61.6 Å². The fourth-order valence-corrected chi connectivity index (χ4v) is 3.91. The van der Waals surface area contributed by atoms with E-state index >= 15 is 0 Å². The minimum absolute atomic E-state index is 0.0405. The molecule has 118 valence electrons. The summed E-state index contributed by atoms with van der Waals surface area (Å²) in [6.45, 7) is 4.87. The second-order valence-corrected chi connectivity index (χ2v) is 6.96. The van der Waals surface area contributed by atoms with E-state index in [1.807, 2.05) is 33.0 Å². The van der Waals surface area contributed by atoms with Crippen LogP contribution in [-0.2, 0) is 6.42 Å². The molecule has 21 heavy (non-hydrogen) atoms. The number of hydrogen-bond acceptors (Lipinski definition) is 1. The van der Waals surface area contributed by atoms with Crippen molar-refractivity contribution in [1.82, 2.24) is 5.32 Å². The molecule has 1 nitrogen and oxygen atoms in total. The summed E-state index contributed by atoms with van der Waals surface area (Å²) < 4.78 is 13.7. The Morgan fingerprint density at radius 2 is 1.67 bits per heavy atom. The molecule has 1 aromatic rings. The van der Waals surface area contributed by atoms with E-state index in [9.17, 15) is 4.39 Å². The predicted molar refractivity (Wildman–Crippen MR) is 88.3 cm³/mol. The van der Waals surface area contributed by atoms with Crippen LogP contribution in [0.5, 0.6) is 0 Å². The molecule has 1 fully saturated rings. The molecule has 1 saturated carbocycles. The van der Waals surface area contributed by atoms with Crippen molar-refractivity contribution in [3.63, 3.8) is 0 Å². The van der Waals surface area contributed by atoms with Gasteiger partial charge < -0.3 is 5.32 Å². The zero-order valence-electron chi connectivity index (χ0n) is 13.9. The Morgan fingerprint density at radius 3 is 2.24 bits per heavy atom. The summed E-state index contributed by atoms with van der Waals surface area (Å²) in [5.41, 5.74) is 3.40. The Labute approximate surface area is 129 Å². The minimum atomic E-state index is -0.0405. The van der Waals surface area contributed by atoms with E-state index in [0.29, 0.717) is 5.41 Å². The molecule has 1 aliphatic carbocycles. The smallest absolute Gasteiger partial charge is 0.129 e. The van der Waals surface area contributed by atoms with Crippen LogP contribution in [0.15, 0.2) is 12.1 Å². The van der Waals surface area contributed by atoms with Crippen molar-refractivity contribution in [2.24, 2.45) is 5.41 Å². The van der Waals surface area contributed by atoms with Gasteiger partial charge in [-0.15, -0.1) is 0 Å². The third kappa shape index (κ3) is 4.29. The van der Waals surface area contributed by atoms with E-state index in [4.69, 9.17) is 0 Å². The summed E-state index contributed by atoms with van der Waals surface area (Å²) in [5.74, 6) is -0.0405. The predicted octanol–water partition coefficient (Wildman–Crippen LogP) is 4.94. The van der Waals surface area contributed by atoms with Crippen LogP contribution >= 0.6 is 0 Å². The molecule has 0 amide bonds. The van der Waals surface area contributed by atoms with Crippen LogP contribution in [0, 0.1) is 25.1 Å². The van der Waals surface area contributed by atoms with Gasteiger partial charge in [0.25, 0.3) is 0 Å². The van der Waals surface area contributed by atoms with Crippen LogP contribution < -0.4 is 5.32 Å². The third-order valence-electron chi connectivity index (χ3n) is 5.26. The minimum Gasteiger partial charge on any atom is -0.320 e. The molecule has 0 radical (unpaired) electrons. The highest BCUT2D eigenvalue weighted by atomic mass is 19.1. The van der Waals surface area contributed by atoms with Crippen LogP contribution in [0.3, 0.4) is 0 Å².